The third kappa shape index (κ3) is 6.32. The van der Waals surface area contributed by atoms with Gasteiger partial charge in [-0.3, -0.25) is 0 Å². The number of halogens is 1. The van der Waals surface area contributed by atoms with Gasteiger partial charge in [-0.2, -0.15) is 0 Å². The van der Waals surface area contributed by atoms with Gasteiger partial charge in [-0.05, 0) is 61.8 Å². The molecule has 1 aromatic heterocycles. The molecule has 0 aliphatic heterocycles. The fourth-order valence-corrected chi connectivity index (χ4v) is 2.74. The Balaban J connectivity index is 1.80. The van der Waals surface area contributed by atoms with E-state index in [2.05, 4.69) is 18.0 Å². The summed E-state index contributed by atoms with van der Waals surface area (Å²) in [6.07, 6.45) is 3.89. The predicted octanol–water partition coefficient (Wildman–Crippen LogP) is 6.09. The van der Waals surface area contributed by atoms with Gasteiger partial charge in [-0.15, -0.1) is 0 Å². The van der Waals surface area contributed by atoms with Crippen molar-refractivity contribution in [2.45, 2.75) is 65.4 Å². The summed E-state index contributed by atoms with van der Waals surface area (Å²) in [5, 5.41) is 0. The molecular weight excluding hydrogens is 329 g/mol. The van der Waals surface area contributed by atoms with Crippen LogP contribution in [0.3, 0.4) is 0 Å². The highest BCUT2D eigenvalue weighted by Gasteiger charge is 2.09. The number of ether oxygens (including phenoxy) is 2. The van der Waals surface area contributed by atoms with E-state index < -0.39 is 0 Å². The van der Waals surface area contributed by atoms with E-state index in [1.54, 1.807) is 6.07 Å². The van der Waals surface area contributed by atoms with Gasteiger partial charge in [-0.25, -0.2) is 9.37 Å². The highest BCUT2D eigenvalue weighted by Crippen LogP contribution is 2.24. The van der Waals surface area contributed by atoms with Gasteiger partial charge in [0.2, 0.25) is 5.88 Å². The van der Waals surface area contributed by atoms with Crippen molar-refractivity contribution in [3.63, 3.8) is 0 Å². The van der Waals surface area contributed by atoms with E-state index in [1.165, 1.54) is 11.6 Å². The molecule has 0 saturated heterocycles. The first-order valence-electron chi connectivity index (χ1n) is 9.41. The number of pyridine rings is 1. The lowest BCUT2D eigenvalue weighted by Gasteiger charge is -2.14. The highest BCUT2D eigenvalue weighted by molar-refractivity contribution is 5.31. The Morgan fingerprint density at radius 2 is 1.77 bits per heavy atom. The minimum absolute atomic E-state index is 0.127. The normalized spacial score (nSPS) is 12.5. The summed E-state index contributed by atoms with van der Waals surface area (Å²) in [6.45, 7) is 10.8. The monoisotopic (exact) mass is 359 g/mol. The summed E-state index contributed by atoms with van der Waals surface area (Å²) in [4.78, 5) is 4.36. The molecule has 1 atom stereocenters. The Kier molecular flexibility index (Phi) is 7.43. The van der Waals surface area contributed by atoms with E-state index >= 15 is 0 Å². The molecule has 1 heterocycles. The molecule has 1 unspecified atom stereocenters. The maximum Gasteiger partial charge on any atom is 0.213 e. The summed E-state index contributed by atoms with van der Waals surface area (Å²) in [7, 11) is 0. The topological polar surface area (TPSA) is 31.4 Å². The van der Waals surface area contributed by atoms with Crippen molar-refractivity contribution >= 4 is 0 Å². The smallest absolute Gasteiger partial charge is 0.213 e. The number of nitrogens with zero attached hydrogens (tertiary/aromatic N) is 1. The van der Waals surface area contributed by atoms with Crippen LogP contribution in [0.15, 0.2) is 36.5 Å². The number of hydrogen-bond acceptors (Lipinski definition) is 3. The van der Waals surface area contributed by atoms with E-state index in [9.17, 15) is 4.39 Å². The molecule has 0 N–H and O–H groups in total. The molecule has 142 valence electrons. The first kappa shape index (κ1) is 20.2. The van der Waals surface area contributed by atoms with Gasteiger partial charge in [0.05, 0.1) is 12.7 Å². The molecule has 0 amide bonds. The van der Waals surface area contributed by atoms with Gasteiger partial charge in [0.1, 0.15) is 11.6 Å². The van der Waals surface area contributed by atoms with Crippen molar-refractivity contribution in [2.24, 2.45) is 0 Å². The van der Waals surface area contributed by atoms with Crippen LogP contribution < -0.4 is 9.47 Å². The van der Waals surface area contributed by atoms with E-state index in [-0.39, 0.29) is 17.8 Å². The van der Waals surface area contributed by atoms with E-state index in [1.807, 2.05) is 46.0 Å². The second-order valence-corrected chi connectivity index (χ2v) is 7.36. The molecule has 4 heteroatoms. The Bertz CT molecular complexity index is 683. The summed E-state index contributed by atoms with van der Waals surface area (Å²) in [5.74, 6) is 1.69. The summed E-state index contributed by atoms with van der Waals surface area (Å²) < 4.78 is 25.0. The first-order chi connectivity index (χ1) is 12.3. The van der Waals surface area contributed by atoms with Crippen LogP contribution in [0.4, 0.5) is 4.39 Å². The zero-order chi connectivity index (χ0) is 19.1. The van der Waals surface area contributed by atoms with Gasteiger partial charge in [0.25, 0.3) is 0 Å². The molecule has 0 aliphatic rings. The lowest BCUT2D eigenvalue weighted by atomic mass is 9.98. The largest absolute Gasteiger partial charge is 0.493 e. The van der Waals surface area contributed by atoms with Gasteiger partial charge in [0, 0.05) is 18.3 Å². The molecular formula is C22H30FNO2. The molecule has 3 nitrogen and oxygen atoms in total. The van der Waals surface area contributed by atoms with Crippen LogP contribution in [0.2, 0.25) is 0 Å². The summed E-state index contributed by atoms with van der Waals surface area (Å²) in [5.41, 5.74) is 2.15. The van der Waals surface area contributed by atoms with Crippen molar-refractivity contribution in [1.82, 2.24) is 4.98 Å². The van der Waals surface area contributed by atoms with E-state index in [4.69, 9.17) is 9.47 Å². The summed E-state index contributed by atoms with van der Waals surface area (Å²) in [6, 6.07) is 8.93. The molecule has 26 heavy (non-hydrogen) atoms. The van der Waals surface area contributed by atoms with Crippen molar-refractivity contribution in [3.8, 4) is 11.6 Å². The third-order valence-corrected chi connectivity index (χ3v) is 4.30. The molecule has 0 spiro atoms. The first-order valence-corrected chi connectivity index (χ1v) is 9.41. The lowest BCUT2D eigenvalue weighted by Crippen LogP contribution is -2.07. The number of hydrogen-bond donors (Lipinski definition) is 0. The molecule has 0 bridgehead atoms. The van der Waals surface area contributed by atoms with Crippen LogP contribution in [0.5, 0.6) is 11.6 Å². The SMILES string of the molecule is CC(C)Oc1ccc(C(C)CCCOc2cc(F)cc(C(C)C)c2)cn1. The quantitative estimate of drug-likeness (QED) is 0.507. The van der Waals surface area contributed by atoms with Gasteiger partial charge >= 0.3 is 0 Å². The van der Waals surface area contributed by atoms with Crippen LogP contribution in [0, 0.1) is 5.82 Å². The van der Waals surface area contributed by atoms with Crippen molar-refractivity contribution < 1.29 is 13.9 Å². The van der Waals surface area contributed by atoms with Crippen molar-refractivity contribution in [2.75, 3.05) is 6.61 Å². The lowest BCUT2D eigenvalue weighted by molar-refractivity contribution is 0.232. The molecule has 0 radical (unpaired) electrons. The van der Waals surface area contributed by atoms with Crippen LogP contribution >= 0.6 is 0 Å². The Morgan fingerprint density at radius 3 is 2.38 bits per heavy atom. The second kappa shape index (κ2) is 9.56. The standard InChI is InChI=1S/C22H30FNO2/c1-15(2)19-11-20(23)13-21(12-19)25-10-6-7-17(5)18-8-9-22(24-14-18)26-16(3)4/h8-9,11-17H,6-7,10H2,1-5H3. The molecule has 1 aromatic carbocycles. The molecule has 0 fully saturated rings. The van der Waals surface area contributed by atoms with Crippen LogP contribution in [-0.2, 0) is 0 Å². The molecule has 2 aromatic rings. The minimum Gasteiger partial charge on any atom is -0.493 e. The maximum atomic E-state index is 13.7. The van der Waals surface area contributed by atoms with E-state index in [0.717, 1.165) is 18.4 Å². The third-order valence-electron chi connectivity index (χ3n) is 4.30. The molecule has 2 rings (SSSR count). The van der Waals surface area contributed by atoms with Gasteiger partial charge in [-0.1, -0.05) is 26.8 Å². The Morgan fingerprint density at radius 1 is 1.00 bits per heavy atom. The number of aromatic nitrogens is 1. The van der Waals surface area contributed by atoms with Crippen molar-refractivity contribution in [3.05, 3.63) is 53.5 Å². The van der Waals surface area contributed by atoms with Crippen molar-refractivity contribution in [1.29, 1.82) is 0 Å². The van der Waals surface area contributed by atoms with Gasteiger partial charge in [0.15, 0.2) is 0 Å². The Hall–Kier alpha value is -2.10. The average Bonchev–Trinajstić information content (AvgIpc) is 2.58. The number of rotatable bonds is 9. The Labute approximate surface area is 156 Å². The van der Waals surface area contributed by atoms with Crippen LogP contribution in [0.25, 0.3) is 0 Å². The molecule has 0 saturated carbocycles. The predicted molar refractivity (Wildman–Crippen MR) is 104 cm³/mol. The van der Waals surface area contributed by atoms with E-state index in [0.29, 0.717) is 24.2 Å². The minimum atomic E-state index is -0.241. The maximum absolute atomic E-state index is 13.7. The zero-order valence-electron chi connectivity index (χ0n) is 16.5. The fraction of sp³-hybridized carbons (Fsp3) is 0.500. The fourth-order valence-electron chi connectivity index (χ4n) is 2.74. The second-order valence-electron chi connectivity index (χ2n) is 7.36. The average molecular weight is 359 g/mol. The number of benzene rings is 1. The van der Waals surface area contributed by atoms with Gasteiger partial charge < -0.3 is 9.47 Å². The highest BCUT2D eigenvalue weighted by atomic mass is 19.1. The zero-order valence-corrected chi connectivity index (χ0v) is 16.5. The summed E-state index contributed by atoms with van der Waals surface area (Å²) >= 11 is 0. The van der Waals surface area contributed by atoms with Crippen LogP contribution in [-0.4, -0.2) is 17.7 Å². The molecule has 0 aliphatic carbocycles. The van der Waals surface area contributed by atoms with Crippen LogP contribution in [0.1, 0.15) is 70.4 Å².